The van der Waals surface area contributed by atoms with Gasteiger partial charge in [0.2, 0.25) is 17.7 Å². The molecule has 0 N–H and O–H groups in total. The van der Waals surface area contributed by atoms with E-state index in [2.05, 4.69) is 32.1 Å². The second kappa shape index (κ2) is 7.19. The molecule has 1 aromatic heterocycles. The summed E-state index contributed by atoms with van der Waals surface area (Å²) in [4.78, 5) is 16.9. The van der Waals surface area contributed by atoms with Gasteiger partial charge in [-0.3, -0.25) is 9.69 Å². The number of carbonyl (C=O) groups is 1. The third-order valence-electron chi connectivity index (χ3n) is 5.63. The average molecular weight is 354 g/mol. The molecule has 1 atom stereocenters. The normalized spacial score (nSPS) is 24.3. The van der Waals surface area contributed by atoms with Crippen LogP contribution in [0, 0.1) is 12.3 Å². The summed E-state index contributed by atoms with van der Waals surface area (Å²) in [7, 11) is 0. The van der Waals surface area contributed by atoms with E-state index in [0.29, 0.717) is 31.3 Å². The molecular formula is C20H26N4O2. The van der Waals surface area contributed by atoms with Crippen molar-refractivity contribution in [3.05, 3.63) is 47.7 Å². The van der Waals surface area contributed by atoms with Gasteiger partial charge in [-0.1, -0.05) is 30.3 Å². The summed E-state index contributed by atoms with van der Waals surface area (Å²) >= 11 is 0. The molecule has 26 heavy (non-hydrogen) atoms. The van der Waals surface area contributed by atoms with E-state index in [9.17, 15) is 4.79 Å². The summed E-state index contributed by atoms with van der Waals surface area (Å²) in [5, 5.41) is 8.06. The van der Waals surface area contributed by atoms with Gasteiger partial charge in [0, 0.05) is 38.4 Å². The van der Waals surface area contributed by atoms with Gasteiger partial charge in [0.05, 0.1) is 6.54 Å². The molecule has 2 aromatic rings. The Balaban J connectivity index is 1.43. The standard InChI is InChI=1S/C20H26N4O2/c1-16-21-22-18(26-16)13-23-11-5-9-20(14-23)10-8-19(25)24(15-20)12-17-6-3-2-4-7-17/h2-4,6-7H,5,8-15H2,1H3. The molecule has 6 heteroatoms. The SMILES string of the molecule is Cc1nnc(CN2CCCC3(CCC(=O)N(Cc4ccccc4)C3)C2)o1. The number of aryl methyl sites for hydroxylation is 1. The number of carbonyl (C=O) groups excluding carboxylic acids is 1. The van der Waals surface area contributed by atoms with Crippen LogP contribution in [0.15, 0.2) is 34.7 Å². The second-order valence-electron chi connectivity index (χ2n) is 7.76. The number of piperidine rings is 2. The summed E-state index contributed by atoms with van der Waals surface area (Å²) in [6.45, 7) is 6.13. The number of hydrogen-bond acceptors (Lipinski definition) is 5. The van der Waals surface area contributed by atoms with E-state index in [1.165, 1.54) is 12.0 Å². The summed E-state index contributed by atoms with van der Waals surface area (Å²) in [6.07, 6.45) is 3.97. The molecule has 2 saturated heterocycles. The van der Waals surface area contributed by atoms with Gasteiger partial charge in [-0.15, -0.1) is 10.2 Å². The van der Waals surface area contributed by atoms with Crippen LogP contribution in [0.25, 0.3) is 0 Å². The van der Waals surface area contributed by atoms with Crippen molar-refractivity contribution in [2.75, 3.05) is 19.6 Å². The third-order valence-corrected chi connectivity index (χ3v) is 5.63. The van der Waals surface area contributed by atoms with E-state index in [0.717, 1.165) is 32.5 Å². The molecular weight excluding hydrogens is 328 g/mol. The maximum absolute atomic E-state index is 12.5. The first kappa shape index (κ1) is 17.2. The van der Waals surface area contributed by atoms with Crippen molar-refractivity contribution in [1.82, 2.24) is 20.0 Å². The number of amides is 1. The molecule has 3 heterocycles. The van der Waals surface area contributed by atoms with Crippen molar-refractivity contribution < 1.29 is 9.21 Å². The van der Waals surface area contributed by atoms with Gasteiger partial charge in [0.25, 0.3) is 0 Å². The lowest BCUT2D eigenvalue weighted by atomic mass is 9.73. The molecule has 1 unspecified atom stereocenters. The molecule has 2 aliphatic heterocycles. The number of benzene rings is 1. The first-order valence-electron chi connectivity index (χ1n) is 9.45. The first-order valence-corrected chi connectivity index (χ1v) is 9.45. The smallest absolute Gasteiger partial charge is 0.230 e. The van der Waals surface area contributed by atoms with Crippen LogP contribution in [0.5, 0.6) is 0 Å². The number of nitrogens with zero attached hydrogens (tertiary/aromatic N) is 4. The lowest BCUT2D eigenvalue weighted by Crippen LogP contribution is -2.53. The van der Waals surface area contributed by atoms with Crippen molar-refractivity contribution in [3.63, 3.8) is 0 Å². The van der Waals surface area contributed by atoms with E-state index >= 15 is 0 Å². The summed E-state index contributed by atoms with van der Waals surface area (Å²) in [5.41, 5.74) is 1.39. The Hall–Kier alpha value is -2.21. The topological polar surface area (TPSA) is 62.5 Å². The Morgan fingerprint density at radius 3 is 2.73 bits per heavy atom. The second-order valence-corrected chi connectivity index (χ2v) is 7.76. The van der Waals surface area contributed by atoms with Crippen molar-refractivity contribution in [2.24, 2.45) is 5.41 Å². The van der Waals surface area contributed by atoms with E-state index < -0.39 is 0 Å². The van der Waals surface area contributed by atoms with Crippen LogP contribution in [0.1, 0.15) is 43.0 Å². The lowest BCUT2D eigenvalue weighted by Gasteiger charge is -2.48. The minimum atomic E-state index is 0.190. The highest BCUT2D eigenvalue weighted by molar-refractivity contribution is 5.77. The molecule has 1 spiro atoms. The highest BCUT2D eigenvalue weighted by Gasteiger charge is 2.41. The first-order chi connectivity index (χ1) is 12.6. The Labute approximate surface area is 154 Å². The predicted octanol–water partition coefficient (Wildman–Crippen LogP) is 2.78. The fourth-order valence-electron chi connectivity index (χ4n) is 4.42. The fourth-order valence-corrected chi connectivity index (χ4v) is 4.42. The highest BCUT2D eigenvalue weighted by Crippen LogP contribution is 2.39. The molecule has 0 aliphatic carbocycles. The third kappa shape index (κ3) is 3.80. The Morgan fingerprint density at radius 2 is 1.96 bits per heavy atom. The number of likely N-dealkylation sites (tertiary alicyclic amines) is 2. The van der Waals surface area contributed by atoms with Crippen LogP contribution in [-0.4, -0.2) is 45.5 Å². The molecule has 6 nitrogen and oxygen atoms in total. The Kier molecular flexibility index (Phi) is 4.76. The molecule has 1 amide bonds. The predicted molar refractivity (Wildman–Crippen MR) is 97.1 cm³/mol. The van der Waals surface area contributed by atoms with Crippen LogP contribution in [-0.2, 0) is 17.9 Å². The maximum Gasteiger partial charge on any atom is 0.230 e. The molecule has 1 aromatic carbocycles. The summed E-state index contributed by atoms with van der Waals surface area (Å²) in [6, 6.07) is 10.3. The van der Waals surface area contributed by atoms with Crippen LogP contribution >= 0.6 is 0 Å². The zero-order valence-electron chi connectivity index (χ0n) is 15.4. The average Bonchev–Trinajstić information content (AvgIpc) is 3.04. The largest absolute Gasteiger partial charge is 0.424 e. The molecule has 0 radical (unpaired) electrons. The molecule has 2 aliphatic rings. The van der Waals surface area contributed by atoms with Gasteiger partial charge >= 0.3 is 0 Å². The number of aromatic nitrogens is 2. The lowest BCUT2D eigenvalue weighted by molar-refractivity contribution is -0.140. The zero-order chi connectivity index (χ0) is 18.0. The van der Waals surface area contributed by atoms with Crippen LogP contribution < -0.4 is 0 Å². The molecule has 4 rings (SSSR count). The van der Waals surface area contributed by atoms with E-state index in [1.807, 2.05) is 25.1 Å². The van der Waals surface area contributed by atoms with Crippen molar-refractivity contribution in [1.29, 1.82) is 0 Å². The zero-order valence-corrected chi connectivity index (χ0v) is 15.4. The highest BCUT2D eigenvalue weighted by atomic mass is 16.4. The quantitative estimate of drug-likeness (QED) is 0.845. The maximum atomic E-state index is 12.5. The van der Waals surface area contributed by atoms with Gasteiger partial charge in [0.15, 0.2) is 0 Å². The van der Waals surface area contributed by atoms with Gasteiger partial charge in [-0.25, -0.2) is 0 Å². The van der Waals surface area contributed by atoms with E-state index in [-0.39, 0.29) is 11.3 Å². The van der Waals surface area contributed by atoms with Crippen LogP contribution in [0.4, 0.5) is 0 Å². The van der Waals surface area contributed by atoms with Crippen LogP contribution in [0.2, 0.25) is 0 Å². The van der Waals surface area contributed by atoms with Gasteiger partial charge in [-0.2, -0.15) is 0 Å². The molecule has 138 valence electrons. The minimum Gasteiger partial charge on any atom is -0.424 e. The number of rotatable bonds is 4. The van der Waals surface area contributed by atoms with E-state index in [4.69, 9.17) is 4.42 Å². The van der Waals surface area contributed by atoms with Crippen molar-refractivity contribution in [3.8, 4) is 0 Å². The van der Waals surface area contributed by atoms with Gasteiger partial charge in [-0.05, 0) is 31.4 Å². The fraction of sp³-hybridized carbons (Fsp3) is 0.550. The van der Waals surface area contributed by atoms with Crippen molar-refractivity contribution in [2.45, 2.75) is 45.7 Å². The summed E-state index contributed by atoms with van der Waals surface area (Å²) < 4.78 is 5.55. The molecule has 0 saturated carbocycles. The number of hydrogen-bond donors (Lipinski definition) is 0. The monoisotopic (exact) mass is 354 g/mol. The Morgan fingerprint density at radius 1 is 1.12 bits per heavy atom. The van der Waals surface area contributed by atoms with Crippen molar-refractivity contribution >= 4 is 5.91 Å². The van der Waals surface area contributed by atoms with Gasteiger partial charge in [0.1, 0.15) is 0 Å². The molecule has 2 fully saturated rings. The van der Waals surface area contributed by atoms with E-state index in [1.54, 1.807) is 0 Å². The van der Waals surface area contributed by atoms with Gasteiger partial charge < -0.3 is 9.32 Å². The minimum absolute atomic E-state index is 0.190. The summed E-state index contributed by atoms with van der Waals surface area (Å²) in [5.74, 6) is 1.58. The molecule has 0 bridgehead atoms. The van der Waals surface area contributed by atoms with Crippen LogP contribution in [0.3, 0.4) is 0 Å². The Bertz CT molecular complexity index is 760.